The molecule has 2 atom stereocenters. The van der Waals surface area contributed by atoms with Crippen molar-refractivity contribution in [3.05, 3.63) is 35.6 Å². The molecular weight excluding hydrogens is 454 g/mol. The molecule has 2 aromatic heterocycles. The van der Waals surface area contributed by atoms with Crippen molar-refractivity contribution in [2.75, 3.05) is 31.3 Å². The normalized spacial score (nSPS) is 22.1. The minimum atomic E-state index is -1.13. The molecule has 33 heavy (non-hydrogen) atoms. The molecule has 1 fully saturated rings. The number of likely N-dealkylation sites (tertiary alicyclic amines) is 1. The first-order valence-corrected chi connectivity index (χ1v) is 17.1. The number of nitrogens with zero attached hydrogens (tertiary/aromatic N) is 4. The van der Waals surface area contributed by atoms with Gasteiger partial charge in [0.1, 0.15) is 12.4 Å². The molecule has 0 radical (unpaired) electrons. The quantitative estimate of drug-likeness (QED) is 0.282. The van der Waals surface area contributed by atoms with Gasteiger partial charge in [0.2, 0.25) is 0 Å². The summed E-state index contributed by atoms with van der Waals surface area (Å²) in [4.78, 5) is 22.4. The van der Waals surface area contributed by atoms with Gasteiger partial charge in [0.05, 0.1) is 10.7 Å². The number of rotatable bonds is 8. The molecule has 1 amide bonds. The van der Waals surface area contributed by atoms with Crippen LogP contribution >= 0.6 is 10.9 Å². The topological polar surface area (TPSA) is 92.0 Å². The molecule has 10 heteroatoms. The van der Waals surface area contributed by atoms with Crippen LogP contribution in [-0.4, -0.2) is 70.8 Å². The first-order valence-electron chi connectivity index (χ1n) is 11.5. The summed E-state index contributed by atoms with van der Waals surface area (Å²) in [5, 5.41) is 17.4. The second-order valence-electron chi connectivity index (χ2n) is 9.99. The van der Waals surface area contributed by atoms with Gasteiger partial charge in [-0.2, -0.15) is 10.9 Å². The summed E-state index contributed by atoms with van der Waals surface area (Å²) in [6.07, 6.45) is 8.92. The molecule has 2 aliphatic heterocycles. The van der Waals surface area contributed by atoms with Gasteiger partial charge in [0.15, 0.2) is 0 Å². The van der Waals surface area contributed by atoms with E-state index < -0.39 is 25.1 Å². The lowest BCUT2D eigenvalue weighted by molar-refractivity contribution is 0.0899. The van der Waals surface area contributed by atoms with Crippen molar-refractivity contribution in [3.8, 4) is 0 Å². The van der Waals surface area contributed by atoms with Gasteiger partial charge in [-0.1, -0.05) is 19.6 Å². The fourth-order valence-electron chi connectivity index (χ4n) is 4.21. The number of pyridine rings is 1. The Kier molecular flexibility index (Phi) is 7.15. The van der Waals surface area contributed by atoms with Crippen molar-refractivity contribution in [2.24, 2.45) is 4.99 Å². The molecule has 4 heterocycles. The molecule has 1 unspecified atom stereocenters. The predicted octanol–water partition coefficient (Wildman–Crippen LogP) is 4.77. The summed E-state index contributed by atoms with van der Waals surface area (Å²) in [6.45, 7) is 9.35. The lowest BCUT2D eigenvalue weighted by Crippen LogP contribution is -2.44. The molecule has 2 N–H and O–H groups in total. The van der Waals surface area contributed by atoms with Crippen molar-refractivity contribution in [2.45, 2.75) is 51.3 Å². The van der Waals surface area contributed by atoms with Crippen LogP contribution in [0.15, 0.2) is 35.1 Å². The number of hydrogen-bond acceptors (Lipinski definition) is 5. The Labute approximate surface area is 199 Å². The number of carbonyl (C=O) groups is 1. The molecule has 0 saturated carbocycles. The van der Waals surface area contributed by atoms with Crippen LogP contribution in [0.1, 0.15) is 18.4 Å². The third kappa shape index (κ3) is 5.61. The Hall–Kier alpha value is -2.30. The zero-order valence-electron chi connectivity index (χ0n) is 19.9. The highest BCUT2D eigenvalue weighted by molar-refractivity contribution is 8.32. The number of nitrogens with one attached hydrogen (secondary N) is 1. The summed E-state index contributed by atoms with van der Waals surface area (Å²) >= 11 is 0. The summed E-state index contributed by atoms with van der Waals surface area (Å²) in [7, 11) is -1.61. The summed E-state index contributed by atoms with van der Waals surface area (Å²) in [5.74, 6) is 0. The Morgan fingerprint density at radius 1 is 1.39 bits per heavy atom. The van der Waals surface area contributed by atoms with E-state index in [0.717, 1.165) is 52.8 Å². The van der Waals surface area contributed by atoms with E-state index in [1.807, 2.05) is 23.2 Å². The van der Waals surface area contributed by atoms with Crippen LogP contribution in [0.2, 0.25) is 25.7 Å². The largest absolute Gasteiger partial charge is 0.465 e. The van der Waals surface area contributed by atoms with Gasteiger partial charge in [-0.05, 0) is 36.6 Å². The second kappa shape index (κ2) is 9.90. The van der Waals surface area contributed by atoms with Crippen molar-refractivity contribution in [3.63, 3.8) is 0 Å². The van der Waals surface area contributed by atoms with Crippen molar-refractivity contribution in [1.29, 1.82) is 0 Å². The number of aromatic nitrogens is 2. The molecule has 0 bridgehead atoms. The number of hydrogen-bond donors (Lipinski definition) is 3. The zero-order valence-corrected chi connectivity index (χ0v) is 21.8. The van der Waals surface area contributed by atoms with E-state index in [0.29, 0.717) is 19.8 Å². The van der Waals surface area contributed by atoms with Crippen LogP contribution in [0.3, 0.4) is 0 Å². The Balaban J connectivity index is 1.61. The van der Waals surface area contributed by atoms with Crippen LogP contribution in [0.5, 0.6) is 0 Å². The molecular formula is C23H35N5O3SSi. The van der Waals surface area contributed by atoms with E-state index in [1.54, 1.807) is 0 Å². The molecule has 0 spiro atoms. The Morgan fingerprint density at radius 3 is 2.91 bits per heavy atom. The average Bonchev–Trinajstić information content (AvgIpc) is 3.37. The summed E-state index contributed by atoms with van der Waals surface area (Å²) < 4.78 is 8.02. The fraction of sp³-hybridized carbons (Fsp3) is 0.522. The summed E-state index contributed by atoms with van der Waals surface area (Å²) in [5.41, 5.74) is 2.87. The van der Waals surface area contributed by atoms with Crippen LogP contribution in [0.25, 0.3) is 11.0 Å². The standard InChI is InChI=1S/C23H35N5O3SSi/c1-32-12-8-24-22(32)19-14-25-21-18(7-10-28(21)16-31-11-13-33(2,3)4)20(19)26-17-6-5-9-27(15-17)23(29)30/h7-8,10,12,14,17,32H,5-6,9,11,13,15-16H2,1-4H3,(H,25,26)(H,29,30)/t17-/m1/s1. The molecule has 1 saturated heterocycles. The van der Waals surface area contributed by atoms with Gasteiger partial charge in [-0.3, -0.25) is 4.99 Å². The molecule has 0 aromatic carbocycles. The van der Waals surface area contributed by atoms with Crippen molar-refractivity contribution in [1.82, 2.24) is 14.5 Å². The number of thiol groups is 1. The number of ether oxygens (including phenoxy) is 1. The monoisotopic (exact) mass is 489 g/mol. The number of piperidine rings is 1. The van der Waals surface area contributed by atoms with E-state index in [9.17, 15) is 9.90 Å². The van der Waals surface area contributed by atoms with Crippen LogP contribution in [0.4, 0.5) is 10.5 Å². The lowest BCUT2D eigenvalue weighted by Gasteiger charge is -2.32. The average molecular weight is 490 g/mol. The maximum atomic E-state index is 11.5. The number of aliphatic imine (C=N–C) groups is 1. The third-order valence-electron chi connectivity index (χ3n) is 6.12. The zero-order chi connectivity index (χ0) is 23.6. The number of carboxylic acid groups (broad SMARTS) is 1. The lowest BCUT2D eigenvalue weighted by atomic mass is 10.0. The van der Waals surface area contributed by atoms with Gasteiger partial charge < -0.3 is 24.6 Å². The highest BCUT2D eigenvalue weighted by Crippen LogP contribution is 2.38. The molecule has 2 aromatic rings. The number of anilines is 1. The Bertz CT molecular complexity index is 1080. The molecule has 4 rings (SSSR count). The van der Waals surface area contributed by atoms with E-state index in [1.165, 1.54) is 4.90 Å². The van der Waals surface area contributed by atoms with Crippen LogP contribution in [-0.2, 0) is 11.5 Å². The Morgan fingerprint density at radius 2 is 2.21 bits per heavy atom. The van der Waals surface area contributed by atoms with E-state index in [2.05, 4.69) is 47.7 Å². The van der Waals surface area contributed by atoms with Crippen LogP contribution in [0, 0.1) is 0 Å². The minimum absolute atomic E-state index is 0.0496. The highest BCUT2D eigenvalue weighted by Gasteiger charge is 2.26. The van der Waals surface area contributed by atoms with E-state index >= 15 is 0 Å². The van der Waals surface area contributed by atoms with E-state index in [4.69, 9.17) is 9.72 Å². The van der Waals surface area contributed by atoms with E-state index in [-0.39, 0.29) is 6.04 Å². The van der Waals surface area contributed by atoms with Gasteiger partial charge in [0.25, 0.3) is 0 Å². The van der Waals surface area contributed by atoms with Gasteiger partial charge in [-0.25, -0.2) is 9.78 Å². The molecule has 180 valence electrons. The van der Waals surface area contributed by atoms with Crippen LogP contribution < -0.4 is 5.32 Å². The predicted molar refractivity (Wildman–Crippen MR) is 141 cm³/mol. The summed E-state index contributed by atoms with van der Waals surface area (Å²) in [6, 6.07) is 3.26. The maximum Gasteiger partial charge on any atom is 0.407 e. The maximum absolute atomic E-state index is 11.5. The SMILES string of the molecule is C[SH]1C=CN=C1c1cnc2c(ccn2COCC[Si](C)(C)C)c1N[C@@H]1CCCN(C(=O)O)C1. The van der Waals surface area contributed by atoms with Gasteiger partial charge >= 0.3 is 6.09 Å². The minimum Gasteiger partial charge on any atom is -0.465 e. The fourth-order valence-corrected chi connectivity index (χ4v) is 6.17. The van der Waals surface area contributed by atoms with Crippen molar-refractivity contribution >= 4 is 46.8 Å². The van der Waals surface area contributed by atoms with Crippen molar-refractivity contribution < 1.29 is 14.6 Å². The molecule has 0 aliphatic carbocycles. The third-order valence-corrected chi connectivity index (χ3v) is 9.43. The highest BCUT2D eigenvalue weighted by atomic mass is 32.2. The molecule has 2 aliphatic rings. The smallest absolute Gasteiger partial charge is 0.407 e. The first-order chi connectivity index (χ1) is 15.7. The second-order valence-corrected chi connectivity index (χ2v) is 17.6. The number of amides is 1. The number of fused-ring (bicyclic) bond motifs is 1. The van der Waals surface area contributed by atoms with Gasteiger partial charge in [0, 0.05) is 63.4 Å². The molecule has 8 nitrogen and oxygen atoms in total. The van der Waals surface area contributed by atoms with Gasteiger partial charge in [-0.15, -0.1) is 0 Å². The first kappa shape index (κ1) is 23.8.